The monoisotopic (exact) mass is 321 g/mol. The summed E-state index contributed by atoms with van der Waals surface area (Å²) in [5, 5.41) is 11.6. The van der Waals surface area contributed by atoms with E-state index in [9.17, 15) is 0 Å². The smallest absolute Gasteiger partial charge is 0.229 e. The Kier molecular flexibility index (Phi) is 3.96. The third kappa shape index (κ3) is 3.00. The molecule has 19 heavy (non-hydrogen) atoms. The first-order valence-electron chi connectivity index (χ1n) is 5.41. The highest BCUT2D eigenvalue weighted by Crippen LogP contribution is 2.20. The molecule has 7 heteroatoms. The van der Waals surface area contributed by atoms with Crippen LogP contribution >= 0.6 is 15.9 Å². The highest BCUT2D eigenvalue weighted by molar-refractivity contribution is 9.10. The van der Waals surface area contributed by atoms with E-state index in [0.29, 0.717) is 11.5 Å². The molecule has 3 N–H and O–H groups in total. The Balaban J connectivity index is 2.24. The number of rotatable bonds is 3. The van der Waals surface area contributed by atoms with E-state index < -0.39 is 0 Å². The molecule has 0 radical (unpaired) electrons. The van der Waals surface area contributed by atoms with Gasteiger partial charge in [0.15, 0.2) is 5.84 Å². The van der Waals surface area contributed by atoms with E-state index in [0.717, 1.165) is 10.2 Å². The molecule has 6 nitrogen and oxygen atoms in total. The van der Waals surface area contributed by atoms with Gasteiger partial charge in [-0.05, 0) is 40.2 Å². The first kappa shape index (κ1) is 13.3. The zero-order valence-corrected chi connectivity index (χ0v) is 11.7. The van der Waals surface area contributed by atoms with Gasteiger partial charge in [0.25, 0.3) is 0 Å². The molecule has 2 rings (SSSR count). The van der Waals surface area contributed by atoms with Crippen LogP contribution in [0.15, 0.2) is 46.3 Å². The molecule has 2 aromatic rings. The van der Waals surface area contributed by atoms with Gasteiger partial charge in [0.05, 0.1) is 4.47 Å². The van der Waals surface area contributed by atoms with Gasteiger partial charge in [-0.25, -0.2) is 9.97 Å². The normalized spacial score (nSPS) is 11.4. The van der Waals surface area contributed by atoms with Crippen molar-refractivity contribution in [1.29, 1.82) is 0 Å². The average molecular weight is 322 g/mol. The predicted molar refractivity (Wildman–Crippen MR) is 76.7 cm³/mol. The van der Waals surface area contributed by atoms with Crippen molar-refractivity contribution in [3.8, 4) is 0 Å². The average Bonchev–Trinajstić information content (AvgIpc) is 2.46. The first-order valence-corrected chi connectivity index (χ1v) is 6.20. The summed E-state index contributed by atoms with van der Waals surface area (Å²) in [6.07, 6.45) is 3.37. The van der Waals surface area contributed by atoms with Crippen molar-refractivity contribution in [2.24, 2.45) is 10.9 Å². The molecule has 0 aliphatic carbocycles. The van der Waals surface area contributed by atoms with Crippen molar-refractivity contribution in [3.05, 3.63) is 46.7 Å². The van der Waals surface area contributed by atoms with E-state index in [4.69, 9.17) is 10.9 Å². The maximum atomic E-state index is 8.60. The zero-order chi connectivity index (χ0) is 13.8. The van der Waals surface area contributed by atoms with Gasteiger partial charge in [0, 0.05) is 30.7 Å². The molecular formula is C12H12BrN5O. The Morgan fingerprint density at radius 1 is 1.26 bits per heavy atom. The van der Waals surface area contributed by atoms with Crippen LogP contribution in [-0.4, -0.2) is 28.1 Å². The number of benzene rings is 1. The van der Waals surface area contributed by atoms with Gasteiger partial charge >= 0.3 is 0 Å². The second-order valence-corrected chi connectivity index (χ2v) is 4.71. The summed E-state index contributed by atoms with van der Waals surface area (Å²) in [7, 11) is 1.86. The topological polar surface area (TPSA) is 87.6 Å². The molecule has 0 bridgehead atoms. The number of aromatic nitrogens is 2. The number of anilines is 2. The summed E-state index contributed by atoms with van der Waals surface area (Å²) in [5.74, 6) is 0.661. The molecule has 1 heterocycles. The van der Waals surface area contributed by atoms with Crippen molar-refractivity contribution < 1.29 is 5.21 Å². The molecule has 0 unspecified atom stereocenters. The highest BCUT2D eigenvalue weighted by atomic mass is 79.9. The number of nitrogens with two attached hydrogens (primary N) is 1. The van der Waals surface area contributed by atoms with Crippen LogP contribution in [0.2, 0.25) is 0 Å². The van der Waals surface area contributed by atoms with E-state index in [1.54, 1.807) is 24.5 Å². The Hall–Kier alpha value is -2.15. The van der Waals surface area contributed by atoms with Gasteiger partial charge in [-0.3, -0.25) is 0 Å². The minimum Gasteiger partial charge on any atom is -0.409 e. The molecule has 0 saturated heterocycles. The Morgan fingerprint density at radius 3 is 2.37 bits per heavy atom. The van der Waals surface area contributed by atoms with Crippen LogP contribution in [0.5, 0.6) is 0 Å². The van der Waals surface area contributed by atoms with Crippen LogP contribution in [0.4, 0.5) is 11.6 Å². The summed E-state index contributed by atoms with van der Waals surface area (Å²) < 4.78 is 0.826. The number of hydrogen-bond acceptors (Lipinski definition) is 5. The van der Waals surface area contributed by atoms with E-state index in [-0.39, 0.29) is 5.84 Å². The molecule has 0 aliphatic rings. The third-order valence-corrected chi connectivity index (χ3v) is 2.97. The van der Waals surface area contributed by atoms with Crippen molar-refractivity contribution in [2.75, 3.05) is 11.9 Å². The van der Waals surface area contributed by atoms with E-state index in [1.165, 1.54) is 0 Å². The lowest BCUT2D eigenvalue weighted by Gasteiger charge is -2.17. The van der Waals surface area contributed by atoms with Crippen LogP contribution in [0.3, 0.4) is 0 Å². The summed E-state index contributed by atoms with van der Waals surface area (Å²) in [4.78, 5) is 10.3. The quantitative estimate of drug-likeness (QED) is 0.391. The van der Waals surface area contributed by atoms with E-state index in [2.05, 4.69) is 31.1 Å². The predicted octanol–water partition coefficient (Wildman–Crippen LogP) is 2.10. The van der Waals surface area contributed by atoms with E-state index >= 15 is 0 Å². The second kappa shape index (κ2) is 5.66. The third-order valence-electron chi connectivity index (χ3n) is 2.56. The maximum absolute atomic E-state index is 8.60. The largest absolute Gasteiger partial charge is 0.409 e. The Bertz CT molecular complexity index is 582. The number of amidine groups is 1. The summed E-state index contributed by atoms with van der Waals surface area (Å²) in [5.41, 5.74) is 7.05. The molecule has 0 amide bonds. The number of nitrogens with zero attached hydrogens (tertiary/aromatic N) is 4. The molecule has 1 aromatic heterocycles. The maximum Gasteiger partial charge on any atom is 0.229 e. The molecule has 0 saturated carbocycles. The Labute approximate surface area is 118 Å². The van der Waals surface area contributed by atoms with E-state index in [1.807, 2.05) is 24.1 Å². The van der Waals surface area contributed by atoms with Gasteiger partial charge in [0.1, 0.15) is 0 Å². The zero-order valence-electron chi connectivity index (χ0n) is 10.2. The van der Waals surface area contributed by atoms with Gasteiger partial charge in [-0.1, -0.05) is 5.16 Å². The number of oxime groups is 1. The van der Waals surface area contributed by atoms with Gasteiger partial charge < -0.3 is 15.8 Å². The van der Waals surface area contributed by atoms with Crippen molar-refractivity contribution in [3.63, 3.8) is 0 Å². The van der Waals surface area contributed by atoms with Crippen molar-refractivity contribution in [2.45, 2.75) is 0 Å². The minimum absolute atomic E-state index is 0.0779. The molecule has 0 atom stereocenters. The standard InChI is InChI=1S/C12H12BrN5O/c1-18(12-15-6-9(13)7-16-12)10-4-2-8(3-5-10)11(14)17-19/h2-7,19H,1H3,(H2,14,17). The van der Waals surface area contributed by atoms with Crippen LogP contribution < -0.4 is 10.6 Å². The fourth-order valence-corrected chi connectivity index (χ4v) is 1.71. The van der Waals surface area contributed by atoms with Gasteiger partial charge in [-0.15, -0.1) is 0 Å². The highest BCUT2D eigenvalue weighted by Gasteiger charge is 2.07. The number of halogens is 1. The summed E-state index contributed by atoms with van der Waals surface area (Å²) >= 11 is 3.29. The molecule has 98 valence electrons. The lowest BCUT2D eigenvalue weighted by atomic mass is 10.2. The first-order chi connectivity index (χ1) is 9.11. The minimum atomic E-state index is 0.0779. The lowest BCUT2D eigenvalue weighted by molar-refractivity contribution is 0.318. The molecule has 1 aromatic carbocycles. The fraction of sp³-hybridized carbons (Fsp3) is 0.0833. The van der Waals surface area contributed by atoms with Gasteiger partial charge in [-0.2, -0.15) is 0 Å². The van der Waals surface area contributed by atoms with Crippen LogP contribution in [0.25, 0.3) is 0 Å². The summed E-state index contributed by atoms with van der Waals surface area (Å²) in [6, 6.07) is 7.22. The Morgan fingerprint density at radius 2 is 1.84 bits per heavy atom. The van der Waals surface area contributed by atoms with Crippen LogP contribution in [0.1, 0.15) is 5.56 Å². The fourth-order valence-electron chi connectivity index (χ4n) is 1.51. The van der Waals surface area contributed by atoms with Crippen LogP contribution in [-0.2, 0) is 0 Å². The molecular weight excluding hydrogens is 310 g/mol. The second-order valence-electron chi connectivity index (χ2n) is 3.79. The lowest BCUT2D eigenvalue weighted by Crippen LogP contribution is -2.15. The van der Waals surface area contributed by atoms with Gasteiger partial charge in [0.2, 0.25) is 5.95 Å². The SMILES string of the molecule is CN(c1ccc(C(N)=NO)cc1)c1ncc(Br)cn1. The van der Waals surface area contributed by atoms with Crippen molar-refractivity contribution >= 4 is 33.4 Å². The summed E-state index contributed by atoms with van der Waals surface area (Å²) in [6.45, 7) is 0. The molecule has 0 spiro atoms. The molecule has 0 aliphatic heterocycles. The number of hydrogen-bond donors (Lipinski definition) is 2. The van der Waals surface area contributed by atoms with Crippen LogP contribution in [0, 0.1) is 0 Å². The van der Waals surface area contributed by atoms with Crippen molar-refractivity contribution in [1.82, 2.24) is 9.97 Å². The molecule has 0 fully saturated rings.